The highest BCUT2D eigenvalue weighted by Gasteiger charge is 2.33. The molecule has 1 atom stereocenters. The number of nitrogens with zero attached hydrogens (tertiary/aromatic N) is 5. The highest BCUT2D eigenvalue weighted by Crippen LogP contribution is 2.28. The van der Waals surface area contributed by atoms with Crippen LogP contribution >= 0.6 is 0 Å². The molecule has 2 aliphatic rings. The second kappa shape index (κ2) is 8.66. The summed E-state index contributed by atoms with van der Waals surface area (Å²) in [5.41, 5.74) is 1.84. The minimum absolute atomic E-state index is 0.193. The molecular weight excluding hydrogens is 393 g/mol. The zero-order valence-electron chi connectivity index (χ0n) is 16.7. The van der Waals surface area contributed by atoms with E-state index in [0.29, 0.717) is 31.0 Å². The van der Waals surface area contributed by atoms with E-state index in [4.69, 9.17) is 4.74 Å². The van der Waals surface area contributed by atoms with Crippen LogP contribution in [0, 0.1) is 5.82 Å². The lowest BCUT2D eigenvalue weighted by molar-refractivity contribution is -0.119. The van der Waals surface area contributed by atoms with Gasteiger partial charge in [0.15, 0.2) is 0 Å². The average Bonchev–Trinajstić information content (AvgIpc) is 3.36. The van der Waals surface area contributed by atoms with Crippen LogP contribution in [0.25, 0.3) is 0 Å². The van der Waals surface area contributed by atoms with Crippen LogP contribution in [-0.4, -0.2) is 77.7 Å². The van der Waals surface area contributed by atoms with E-state index in [1.165, 1.54) is 17.9 Å². The molecule has 2 aromatic rings. The Balaban J connectivity index is 1.35. The monoisotopic (exact) mass is 417 g/mol. The lowest BCUT2D eigenvalue weighted by Gasteiger charge is -2.36. The second-order valence-corrected chi connectivity index (χ2v) is 7.41. The van der Waals surface area contributed by atoms with Crippen LogP contribution in [0.4, 0.5) is 20.6 Å². The second-order valence-electron chi connectivity index (χ2n) is 7.41. The van der Waals surface area contributed by atoms with Gasteiger partial charge in [-0.25, -0.2) is 9.18 Å². The number of carbonyl (C=O) groups is 2. The van der Waals surface area contributed by atoms with Crippen LogP contribution in [0.15, 0.2) is 24.4 Å². The summed E-state index contributed by atoms with van der Waals surface area (Å²) < 4.78 is 20.1. The van der Waals surface area contributed by atoms with Gasteiger partial charge in [0.2, 0.25) is 5.91 Å². The van der Waals surface area contributed by atoms with Gasteiger partial charge in [-0.15, -0.1) is 0 Å². The van der Waals surface area contributed by atoms with Gasteiger partial charge >= 0.3 is 6.09 Å². The van der Waals surface area contributed by atoms with Gasteiger partial charge in [0.25, 0.3) is 0 Å². The number of halogens is 1. The van der Waals surface area contributed by atoms with E-state index < -0.39 is 12.2 Å². The Morgan fingerprint density at radius 3 is 2.80 bits per heavy atom. The minimum atomic E-state index is -0.543. The summed E-state index contributed by atoms with van der Waals surface area (Å²) in [7, 11) is 0. The van der Waals surface area contributed by atoms with Gasteiger partial charge < -0.3 is 15.0 Å². The third kappa shape index (κ3) is 4.51. The number of rotatable bonds is 6. The maximum atomic E-state index is 14.9. The summed E-state index contributed by atoms with van der Waals surface area (Å²) in [5, 5.41) is 13.1. The Morgan fingerprint density at radius 2 is 2.13 bits per heavy atom. The van der Waals surface area contributed by atoms with Crippen LogP contribution in [0.5, 0.6) is 0 Å². The zero-order valence-corrected chi connectivity index (χ0v) is 16.7. The van der Waals surface area contributed by atoms with E-state index in [0.717, 1.165) is 18.8 Å². The van der Waals surface area contributed by atoms with Crippen molar-refractivity contribution in [3.63, 3.8) is 0 Å². The van der Waals surface area contributed by atoms with Crippen molar-refractivity contribution in [1.82, 2.24) is 25.6 Å². The first-order chi connectivity index (χ1) is 14.5. The fourth-order valence-electron chi connectivity index (χ4n) is 3.69. The van der Waals surface area contributed by atoms with E-state index in [9.17, 15) is 14.0 Å². The Kier molecular flexibility index (Phi) is 5.79. The van der Waals surface area contributed by atoms with Gasteiger partial charge in [-0.2, -0.15) is 15.4 Å². The fraction of sp³-hybridized carbons (Fsp3) is 0.474. The lowest BCUT2D eigenvalue weighted by Crippen LogP contribution is -2.46. The predicted molar refractivity (Wildman–Crippen MR) is 107 cm³/mol. The van der Waals surface area contributed by atoms with Crippen LogP contribution in [0.1, 0.15) is 12.6 Å². The standard InChI is InChI=1S/C19H24FN7O3/c1-13(28)21-10-16-12-27(19(29)30-16)15-2-3-18(17(20)8-15)26-6-4-25(5-7-26)11-14-9-22-24-23-14/h2-3,8-9,16H,4-7,10-12H2,1H3,(H,21,28)(H,22,23,24)/t16-/m0/s1. The van der Waals surface area contributed by atoms with Crippen molar-refractivity contribution in [2.24, 2.45) is 0 Å². The SMILES string of the molecule is CC(=O)NC[C@H]1CN(c2ccc(N3CCN(Cc4cn[nH]n4)CC3)c(F)c2)C(=O)O1. The van der Waals surface area contributed by atoms with Crippen molar-refractivity contribution in [3.8, 4) is 0 Å². The molecule has 3 heterocycles. The number of aromatic amines is 1. The van der Waals surface area contributed by atoms with Crippen LogP contribution < -0.4 is 15.1 Å². The summed E-state index contributed by atoms with van der Waals surface area (Å²) >= 11 is 0. The maximum absolute atomic E-state index is 14.9. The largest absolute Gasteiger partial charge is 0.442 e. The van der Waals surface area contributed by atoms with Crippen molar-refractivity contribution >= 4 is 23.4 Å². The molecule has 0 bridgehead atoms. The summed E-state index contributed by atoms with van der Waals surface area (Å²) in [6.07, 6.45) is 0.704. The maximum Gasteiger partial charge on any atom is 0.414 e. The molecule has 160 valence electrons. The zero-order chi connectivity index (χ0) is 21.1. The quantitative estimate of drug-likeness (QED) is 0.714. The normalized spacial score (nSPS) is 19.8. The third-order valence-corrected chi connectivity index (χ3v) is 5.26. The minimum Gasteiger partial charge on any atom is -0.442 e. The van der Waals surface area contributed by atoms with Crippen molar-refractivity contribution < 1.29 is 18.7 Å². The molecule has 0 radical (unpaired) electrons. The number of hydrogen-bond acceptors (Lipinski definition) is 7. The molecule has 1 aromatic heterocycles. The molecule has 2 saturated heterocycles. The molecule has 1 aromatic carbocycles. The molecule has 0 spiro atoms. The van der Waals surface area contributed by atoms with Gasteiger partial charge in [-0.05, 0) is 18.2 Å². The third-order valence-electron chi connectivity index (χ3n) is 5.26. The van der Waals surface area contributed by atoms with Crippen LogP contribution in [-0.2, 0) is 16.1 Å². The Morgan fingerprint density at radius 1 is 1.33 bits per heavy atom. The molecule has 0 saturated carbocycles. The summed E-state index contributed by atoms with van der Waals surface area (Å²) in [4.78, 5) is 28.8. The molecule has 2 N–H and O–H groups in total. The number of anilines is 2. The van der Waals surface area contributed by atoms with E-state index in [2.05, 4.69) is 25.6 Å². The van der Waals surface area contributed by atoms with Gasteiger partial charge in [0.1, 0.15) is 11.9 Å². The topological polar surface area (TPSA) is 107 Å². The van der Waals surface area contributed by atoms with Crippen LogP contribution in [0.3, 0.4) is 0 Å². The first-order valence-corrected chi connectivity index (χ1v) is 9.83. The molecular formula is C19H24FN7O3. The van der Waals surface area contributed by atoms with Gasteiger partial charge in [0, 0.05) is 39.6 Å². The predicted octanol–water partition coefficient (Wildman–Crippen LogP) is 0.727. The van der Waals surface area contributed by atoms with E-state index >= 15 is 0 Å². The molecule has 11 heteroatoms. The van der Waals surface area contributed by atoms with E-state index in [1.807, 2.05) is 4.90 Å². The molecule has 2 aliphatic heterocycles. The summed E-state index contributed by atoms with van der Waals surface area (Å²) in [5.74, 6) is -0.573. The highest BCUT2D eigenvalue weighted by molar-refractivity contribution is 5.90. The van der Waals surface area contributed by atoms with Gasteiger partial charge in [-0.1, -0.05) is 0 Å². The number of hydrogen-bond donors (Lipinski definition) is 2. The molecule has 30 heavy (non-hydrogen) atoms. The number of ether oxygens (including phenoxy) is 1. The number of H-pyrrole nitrogens is 1. The summed E-state index contributed by atoms with van der Waals surface area (Å²) in [6.45, 7) is 5.57. The number of benzene rings is 1. The first-order valence-electron chi connectivity index (χ1n) is 9.83. The molecule has 10 nitrogen and oxygen atoms in total. The number of carbonyl (C=O) groups excluding carboxylic acids is 2. The fourth-order valence-corrected chi connectivity index (χ4v) is 3.69. The van der Waals surface area contributed by atoms with Crippen molar-refractivity contribution in [1.29, 1.82) is 0 Å². The smallest absolute Gasteiger partial charge is 0.414 e. The molecule has 0 aliphatic carbocycles. The molecule has 2 amide bonds. The average molecular weight is 417 g/mol. The number of aromatic nitrogens is 3. The summed E-state index contributed by atoms with van der Waals surface area (Å²) in [6, 6.07) is 4.79. The van der Waals surface area contributed by atoms with Crippen LogP contribution in [0.2, 0.25) is 0 Å². The van der Waals surface area contributed by atoms with E-state index in [-0.39, 0.29) is 24.8 Å². The Labute approximate surface area is 173 Å². The van der Waals surface area contributed by atoms with E-state index in [1.54, 1.807) is 18.3 Å². The highest BCUT2D eigenvalue weighted by atomic mass is 19.1. The number of nitrogens with one attached hydrogen (secondary N) is 2. The van der Waals surface area contributed by atoms with Crippen molar-refractivity contribution in [2.45, 2.75) is 19.6 Å². The first kappa shape index (κ1) is 20.1. The van der Waals surface area contributed by atoms with Crippen molar-refractivity contribution in [3.05, 3.63) is 35.9 Å². The number of amides is 2. The number of cyclic esters (lactones) is 1. The molecule has 0 unspecified atom stereocenters. The molecule has 2 fully saturated rings. The Hall–Kier alpha value is -3.21. The van der Waals surface area contributed by atoms with Crippen molar-refractivity contribution in [2.75, 3.05) is 49.1 Å². The number of piperazine rings is 1. The molecule has 4 rings (SSSR count). The lowest BCUT2D eigenvalue weighted by atomic mass is 10.2. The van der Waals surface area contributed by atoms with Gasteiger partial charge in [-0.3, -0.25) is 14.6 Å². The van der Waals surface area contributed by atoms with Gasteiger partial charge in [0.05, 0.1) is 36.4 Å². The Bertz CT molecular complexity index is 900.